The Morgan fingerprint density at radius 2 is 1.81 bits per heavy atom. The first-order chi connectivity index (χ1) is 14.8. The Bertz CT molecular complexity index is 1330. The van der Waals surface area contributed by atoms with Crippen LogP contribution in [0.25, 0.3) is 16.3 Å². The van der Waals surface area contributed by atoms with E-state index in [0.717, 1.165) is 16.1 Å². The zero-order chi connectivity index (χ0) is 22.0. The highest BCUT2D eigenvalue weighted by molar-refractivity contribution is 7.92. The molecule has 0 bridgehead atoms. The van der Waals surface area contributed by atoms with E-state index in [1.807, 2.05) is 48.7 Å². The zero-order valence-electron chi connectivity index (χ0n) is 16.8. The Kier molecular flexibility index (Phi) is 5.62. The number of anilines is 1. The van der Waals surface area contributed by atoms with Gasteiger partial charge in [-0.15, -0.1) is 11.3 Å². The maximum Gasteiger partial charge on any atom is 0.308 e. The number of carbonyl (C=O) groups excluding carboxylic acids is 1. The Morgan fingerprint density at radius 1 is 1.06 bits per heavy atom. The number of ether oxygens (including phenoxy) is 1. The van der Waals surface area contributed by atoms with E-state index in [4.69, 9.17) is 4.74 Å². The van der Waals surface area contributed by atoms with Gasteiger partial charge in [0.2, 0.25) is 0 Å². The third-order valence-corrected chi connectivity index (χ3v) is 6.72. The fraction of sp³-hybridized carbons (Fsp3) is 0.0909. The Morgan fingerprint density at radius 3 is 2.45 bits per heavy atom. The predicted octanol–water partition coefficient (Wildman–Crippen LogP) is 4.64. The van der Waals surface area contributed by atoms with Crippen molar-refractivity contribution in [3.05, 3.63) is 77.7 Å². The first-order valence-electron chi connectivity index (χ1n) is 9.35. The first kappa shape index (κ1) is 20.8. The molecule has 9 heteroatoms. The molecule has 2 aromatic heterocycles. The minimum atomic E-state index is -3.91. The summed E-state index contributed by atoms with van der Waals surface area (Å²) in [5, 5.41) is 6.59. The van der Waals surface area contributed by atoms with Crippen LogP contribution in [0.15, 0.2) is 77.0 Å². The number of rotatable bonds is 6. The molecule has 7 nitrogen and oxygen atoms in total. The van der Waals surface area contributed by atoms with Crippen LogP contribution in [-0.4, -0.2) is 24.2 Å². The molecule has 0 spiro atoms. The predicted molar refractivity (Wildman–Crippen MR) is 120 cm³/mol. The van der Waals surface area contributed by atoms with Crippen LogP contribution in [0.5, 0.6) is 5.75 Å². The highest BCUT2D eigenvalue weighted by Gasteiger charge is 2.20. The number of aromatic nitrogens is 2. The molecule has 0 atom stereocenters. The van der Waals surface area contributed by atoms with E-state index in [-0.39, 0.29) is 10.6 Å². The summed E-state index contributed by atoms with van der Waals surface area (Å²) in [6.07, 6.45) is 0. The maximum absolute atomic E-state index is 13.0. The van der Waals surface area contributed by atoms with E-state index < -0.39 is 16.0 Å². The Hall–Kier alpha value is -3.43. The van der Waals surface area contributed by atoms with Crippen molar-refractivity contribution in [3.8, 4) is 22.0 Å². The quantitative estimate of drug-likeness (QED) is 0.339. The van der Waals surface area contributed by atoms with Gasteiger partial charge in [-0.1, -0.05) is 24.3 Å². The third kappa shape index (κ3) is 4.52. The van der Waals surface area contributed by atoms with Crippen molar-refractivity contribution in [3.63, 3.8) is 0 Å². The second kappa shape index (κ2) is 8.37. The molecular weight excluding hydrogens is 434 g/mol. The highest BCUT2D eigenvalue weighted by Crippen LogP contribution is 2.30. The normalized spacial score (nSPS) is 11.3. The molecule has 2 aromatic carbocycles. The Labute approximate surface area is 184 Å². The van der Waals surface area contributed by atoms with Crippen LogP contribution in [0.3, 0.4) is 0 Å². The van der Waals surface area contributed by atoms with E-state index in [1.54, 1.807) is 10.7 Å². The number of para-hydroxylation sites is 1. The highest BCUT2D eigenvalue weighted by atomic mass is 32.2. The average molecular weight is 454 g/mol. The molecule has 0 aliphatic rings. The summed E-state index contributed by atoms with van der Waals surface area (Å²) in [6.45, 7) is 3.22. The van der Waals surface area contributed by atoms with Crippen LogP contribution in [0, 0.1) is 6.92 Å². The molecule has 0 unspecified atom stereocenters. The number of thiophene rings is 1. The number of benzene rings is 2. The van der Waals surface area contributed by atoms with Gasteiger partial charge in [-0.3, -0.25) is 9.52 Å². The molecule has 0 saturated carbocycles. The van der Waals surface area contributed by atoms with Crippen molar-refractivity contribution < 1.29 is 17.9 Å². The van der Waals surface area contributed by atoms with Crippen LogP contribution in [-0.2, 0) is 14.8 Å². The standard InChI is InChI=1S/C22H19N3O4S2/c1-15-6-3-4-7-20(15)25-22(14-19(23-25)21-8-5-13-30-21)24-31(27,28)18-11-9-17(10-12-18)29-16(2)26/h3-14,24H,1-2H3. The summed E-state index contributed by atoms with van der Waals surface area (Å²) < 4.78 is 35.3. The van der Waals surface area contributed by atoms with Crippen molar-refractivity contribution in [2.24, 2.45) is 0 Å². The van der Waals surface area contributed by atoms with Crippen LogP contribution in [0.2, 0.25) is 0 Å². The number of sulfonamides is 1. The van der Waals surface area contributed by atoms with Gasteiger partial charge in [-0.05, 0) is 54.3 Å². The third-order valence-electron chi connectivity index (χ3n) is 4.46. The van der Waals surface area contributed by atoms with E-state index in [1.165, 1.54) is 42.5 Å². The maximum atomic E-state index is 13.0. The lowest BCUT2D eigenvalue weighted by molar-refractivity contribution is -0.131. The zero-order valence-corrected chi connectivity index (χ0v) is 18.4. The molecule has 1 N–H and O–H groups in total. The molecule has 31 heavy (non-hydrogen) atoms. The van der Waals surface area contributed by atoms with Gasteiger partial charge in [-0.25, -0.2) is 13.1 Å². The van der Waals surface area contributed by atoms with E-state index >= 15 is 0 Å². The summed E-state index contributed by atoms with van der Waals surface area (Å²) >= 11 is 1.52. The molecule has 0 aliphatic carbocycles. The molecule has 0 fully saturated rings. The molecule has 0 amide bonds. The lowest BCUT2D eigenvalue weighted by Gasteiger charge is -2.12. The second-order valence-corrected chi connectivity index (χ2v) is 9.39. The van der Waals surface area contributed by atoms with Crippen molar-refractivity contribution in [1.29, 1.82) is 0 Å². The van der Waals surface area contributed by atoms with Crippen LogP contribution >= 0.6 is 11.3 Å². The van der Waals surface area contributed by atoms with Gasteiger partial charge in [0.25, 0.3) is 10.0 Å². The summed E-state index contributed by atoms with van der Waals surface area (Å²) in [5.74, 6) is 0.120. The van der Waals surface area contributed by atoms with Crippen molar-refractivity contribution in [2.75, 3.05) is 4.72 Å². The average Bonchev–Trinajstić information content (AvgIpc) is 3.38. The number of nitrogens with zero attached hydrogens (tertiary/aromatic N) is 2. The number of esters is 1. The summed E-state index contributed by atoms with van der Waals surface area (Å²) in [6, 6.07) is 18.8. The van der Waals surface area contributed by atoms with E-state index in [2.05, 4.69) is 9.82 Å². The summed E-state index contributed by atoms with van der Waals surface area (Å²) in [4.78, 5) is 12.0. The van der Waals surface area contributed by atoms with Crippen LogP contribution in [0.1, 0.15) is 12.5 Å². The summed E-state index contributed by atoms with van der Waals surface area (Å²) in [5.41, 5.74) is 2.39. The molecule has 0 radical (unpaired) electrons. The fourth-order valence-corrected chi connectivity index (χ4v) is 4.75. The van der Waals surface area contributed by atoms with Gasteiger partial charge in [0, 0.05) is 13.0 Å². The molecular formula is C22H19N3O4S2. The number of hydrogen-bond donors (Lipinski definition) is 1. The molecule has 2 heterocycles. The number of nitrogens with one attached hydrogen (secondary N) is 1. The topological polar surface area (TPSA) is 90.3 Å². The van der Waals surface area contributed by atoms with Crippen LogP contribution in [0.4, 0.5) is 5.82 Å². The van der Waals surface area contributed by atoms with Gasteiger partial charge >= 0.3 is 5.97 Å². The monoisotopic (exact) mass is 453 g/mol. The van der Waals surface area contributed by atoms with Gasteiger partial charge in [0.15, 0.2) is 0 Å². The minimum absolute atomic E-state index is 0.0404. The SMILES string of the molecule is CC(=O)Oc1ccc(S(=O)(=O)Nc2cc(-c3cccs3)nn2-c2ccccc2C)cc1. The van der Waals surface area contributed by atoms with Gasteiger partial charge < -0.3 is 4.74 Å². The summed E-state index contributed by atoms with van der Waals surface area (Å²) in [7, 11) is -3.91. The minimum Gasteiger partial charge on any atom is -0.427 e. The number of hydrogen-bond acceptors (Lipinski definition) is 6. The van der Waals surface area contributed by atoms with Gasteiger partial charge in [0.1, 0.15) is 17.3 Å². The molecule has 0 aliphatic heterocycles. The molecule has 4 rings (SSSR count). The van der Waals surface area contributed by atoms with Crippen molar-refractivity contribution in [1.82, 2.24) is 9.78 Å². The van der Waals surface area contributed by atoms with E-state index in [0.29, 0.717) is 11.5 Å². The van der Waals surface area contributed by atoms with Gasteiger partial charge in [-0.2, -0.15) is 5.10 Å². The Balaban J connectivity index is 1.73. The smallest absolute Gasteiger partial charge is 0.308 e. The molecule has 4 aromatic rings. The first-order valence-corrected chi connectivity index (χ1v) is 11.7. The van der Waals surface area contributed by atoms with Crippen LogP contribution < -0.4 is 9.46 Å². The number of aryl methyl sites for hydroxylation is 1. The second-order valence-electron chi connectivity index (χ2n) is 6.76. The van der Waals surface area contributed by atoms with Gasteiger partial charge in [0.05, 0.1) is 15.5 Å². The largest absolute Gasteiger partial charge is 0.427 e. The lowest BCUT2D eigenvalue weighted by atomic mass is 10.2. The molecule has 0 saturated heterocycles. The lowest BCUT2D eigenvalue weighted by Crippen LogP contribution is -2.16. The van der Waals surface area contributed by atoms with Crippen molar-refractivity contribution >= 4 is 33.1 Å². The molecule has 158 valence electrons. The number of carbonyl (C=O) groups is 1. The fourth-order valence-electron chi connectivity index (χ4n) is 3.03. The van der Waals surface area contributed by atoms with E-state index in [9.17, 15) is 13.2 Å². The van der Waals surface area contributed by atoms with Crippen molar-refractivity contribution in [2.45, 2.75) is 18.7 Å².